The summed E-state index contributed by atoms with van der Waals surface area (Å²) in [5, 5.41) is 12.0. The average Bonchev–Trinajstić information content (AvgIpc) is 2.39. The minimum atomic E-state index is 0.107. The minimum Gasteiger partial charge on any atom is -0.394 e. The smallest absolute Gasteiger partial charge is 0.0898 e. The molecule has 2 rings (SSSR count). The fourth-order valence-corrected chi connectivity index (χ4v) is 2.70. The Morgan fingerprint density at radius 2 is 2.44 bits per heavy atom. The monoisotopic (exact) mass is 270 g/mol. The zero-order valence-electron chi connectivity index (χ0n) is 10.6. The highest BCUT2D eigenvalue weighted by Gasteiger charge is 2.21. The SMILES string of the molecule is OCCOCC1CCCN(C2=CC(S)NC=C2)C1. The Hall–Kier alpha value is -0.650. The van der Waals surface area contributed by atoms with Crippen LogP contribution < -0.4 is 5.32 Å². The van der Waals surface area contributed by atoms with E-state index >= 15 is 0 Å². The maximum atomic E-state index is 8.71. The lowest BCUT2D eigenvalue weighted by Crippen LogP contribution is -2.37. The summed E-state index contributed by atoms with van der Waals surface area (Å²) in [6.45, 7) is 3.44. The molecule has 4 nitrogen and oxygen atoms in total. The Morgan fingerprint density at radius 3 is 3.22 bits per heavy atom. The van der Waals surface area contributed by atoms with E-state index in [1.54, 1.807) is 0 Å². The van der Waals surface area contributed by atoms with Crippen molar-refractivity contribution in [2.45, 2.75) is 18.2 Å². The number of nitrogens with zero attached hydrogens (tertiary/aromatic N) is 1. The van der Waals surface area contributed by atoms with Crippen molar-refractivity contribution in [1.29, 1.82) is 0 Å². The van der Waals surface area contributed by atoms with Crippen LogP contribution in [0.15, 0.2) is 24.0 Å². The third-order valence-electron chi connectivity index (χ3n) is 3.32. The Kier molecular flexibility index (Phi) is 5.41. The molecule has 2 aliphatic heterocycles. The van der Waals surface area contributed by atoms with Crippen LogP contribution >= 0.6 is 12.6 Å². The molecule has 1 fully saturated rings. The normalized spacial score (nSPS) is 27.9. The molecular formula is C13H22N2O2S. The number of dihydropyridines is 1. The largest absolute Gasteiger partial charge is 0.394 e. The van der Waals surface area contributed by atoms with Crippen molar-refractivity contribution in [2.75, 3.05) is 32.9 Å². The molecule has 2 aliphatic rings. The number of allylic oxidation sites excluding steroid dienone is 1. The van der Waals surface area contributed by atoms with Crippen LogP contribution in [0.4, 0.5) is 0 Å². The standard InChI is InChI=1S/C13H22N2O2S/c16-6-7-17-10-11-2-1-5-15(9-11)12-3-4-14-13(18)8-12/h3-4,8,11,13-14,16,18H,1-2,5-7,9-10H2. The van der Waals surface area contributed by atoms with E-state index in [2.05, 4.69) is 35.0 Å². The number of aliphatic hydroxyl groups is 1. The van der Waals surface area contributed by atoms with Crippen LogP contribution in [-0.2, 0) is 4.74 Å². The molecule has 2 N–H and O–H groups in total. The van der Waals surface area contributed by atoms with Gasteiger partial charge in [-0.2, -0.15) is 12.6 Å². The number of hydrogen-bond donors (Lipinski definition) is 3. The van der Waals surface area contributed by atoms with E-state index in [1.165, 1.54) is 18.5 Å². The Labute approximate surface area is 114 Å². The fourth-order valence-electron chi connectivity index (χ4n) is 2.46. The highest BCUT2D eigenvalue weighted by atomic mass is 32.1. The fraction of sp³-hybridized carbons (Fsp3) is 0.692. The predicted molar refractivity (Wildman–Crippen MR) is 75.3 cm³/mol. The highest BCUT2D eigenvalue weighted by Crippen LogP contribution is 2.22. The lowest BCUT2D eigenvalue weighted by atomic mass is 9.98. The van der Waals surface area contributed by atoms with E-state index in [1.807, 2.05) is 6.20 Å². The molecule has 2 atom stereocenters. The quantitative estimate of drug-likeness (QED) is 0.514. The lowest BCUT2D eigenvalue weighted by Gasteiger charge is -2.36. The number of piperidine rings is 1. The molecule has 18 heavy (non-hydrogen) atoms. The first-order valence-electron chi connectivity index (χ1n) is 6.55. The minimum absolute atomic E-state index is 0.107. The summed E-state index contributed by atoms with van der Waals surface area (Å²) < 4.78 is 5.44. The first-order chi connectivity index (χ1) is 8.79. The summed E-state index contributed by atoms with van der Waals surface area (Å²) in [4.78, 5) is 2.40. The van der Waals surface area contributed by atoms with Crippen LogP contribution in [0.1, 0.15) is 12.8 Å². The molecule has 5 heteroatoms. The second kappa shape index (κ2) is 7.07. The summed E-state index contributed by atoms with van der Waals surface area (Å²) in [6, 6.07) is 0. The molecule has 0 aromatic rings. The molecule has 0 saturated carbocycles. The van der Waals surface area contributed by atoms with Gasteiger partial charge < -0.3 is 20.1 Å². The van der Waals surface area contributed by atoms with Gasteiger partial charge in [0.25, 0.3) is 0 Å². The van der Waals surface area contributed by atoms with Gasteiger partial charge in [0.05, 0.1) is 25.2 Å². The second-order valence-electron chi connectivity index (χ2n) is 4.79. The molecule has 2 unspecified atom stereocenters. The number of aliphatic hydroxyl groups excluding tert-OH is 1. The van der Waals surface area contributed by atoms with Gasteiger partial charge in [-0.1, -0.05) is 0 Å². The molecule has 0 radical (unpaired) electrons. The topological polar surface area (TPSA) is 44.7 Å². The lowest BCUT2D eigenvalue weighted by molar-refractivity contribution is 0.0478. The zero-order valence-corrected chi connectivity index (χ0v) is 11.5. The number of likely N-dealkylation sites (tertiary alicyclic amines) is 1. The first kappa shape index (κ1) is 13.8. The van der Waals surface area contributed by atoms with Crippen molar-refractivity contribution in [2.24, 2.45) is 5.92 Å². The van der Waals surface area contributed by atoms with E-state index in [0.717, 1.165) is 19.7 Å². The van der Waals surface area contributed by atoms with Gasteiger partial charge >= 0.3 is 0 Å². The maximum absolute atomic E-state index is 8.71. The number of thiol groups is 1. The highest BCUT2D eigenvalue weighted by molar-refractivity contribution is 7.81. The van der Waals surface area contributed by atoms with Gasteiger partial charge in [0, 0.05) is 18.8 Å². The Bertz CT molecular complexity index is 320. The van der Waals surface area contributed by atoms with E-state index in [4.69, 9.17) is 9.84 Å². The summed E-state index contributed by atoms with van der Waals surface area (Å²) in [5.41, 5.74) is 1.25. The predicted octanol–water partition coefficient (Wildman–Crippen LogP) is 0.964. The van der Waals surface area contributed by atoms with Crippen molar-refractivity contribution in [3.8, 4) is 0 Å². The van der Waals surface area contributed by atoms with Gasteiger partial charge in [-0.05, 0) is 37.1 Å². The summed E-state index contributed by atoms with van der Waals surface area (Å²) in [7, 11) is 0. The van der Waals surface area contributed by atoms with Crippen molar-refractivity contribution in [3.05, 3.63) is 24.0 Å². The molecule has 0 amide bonds. The first-order valence-corrected chi connectivity index (χ1v) is 7.07. The third-order valence-corrected chi connectivity index (χ3v) is 3.62. The number of nitrogens with one attached hydrogen (secondary N) is 1. The van der Waals surface area contributed by atoms with Crippen LogP contribution in [0.5, 0.6) is 0 Å². The van der Waals surface area contributed by atoms with Gasteiger partial charge in [0.15, 0.2) is 0 Å². The average molecular weight is 270 g/mol. The molecule has 0 spiro atoms. The summed E-state index contributed by atoms with van der Waals surface area (Å²) in [5.74, 6) is 0.563. The second-order valence-corrected chi connectivity index (χ2v) is 5.35. The molecule has 0 aromatic heterocycles. The van der Waals surface area contributed by atoms with Crippen LogP contribution in [-0.4, -0.2) is 48.3 Å². The van der Waals surface area contributed by atoms with Gasteiger partial charge in [0.1, 0.15) is 0 Å². The van der Waals surface area contributed by atoms with E-state index in [9.17, 15) is 0 Å². The van der Waals surface area contributed by atoms with Crippen LogP contribution in [0, 0.1) is 5.92 Å². The van der Waals surface area contributed by atoms with Gasteiger partial charge in [0.2, 0.25) is 0 Å². The van der Waals surface area contributed by atoms with Crippen molar-refractivity contribution < 1.29 is 9.84 Å². The molecule has 102 valence electrons. The maximum Gasteiger partial charge on any atom is 0.0898 e. The number of hydrogen-bond acceptors (Lipinski definition) is 5. The molecular weight excluding hydrogens is 248 g/mol. The third kappa shape index (κ3) is 3.93. The van der Waals surface area contributed by atoms with Gasteiger partial charge in [-0.3, -0.25) is 0 Å². The van der Waals surface area contributed by atoms with Crippen LogP contribution in [0.3, 0.4) is 0 Å². The van der Waals surface area contributed by atoms with Crippen molar-refractivity contribution in [1.82, 2.24) is 10.2 Å². The number of ether oxygens (including phenoxy) is 1. The van der Waals surface area contributed by atoms with E-state index < -0.39 is 0 Å². The Morgan fingerprint density at radius 1 is 1.56 bits per heavy atom. The summed E-state index contributed by atoms with van der Waals surface area (Å²) in [6.07, 6.45) is 8.60. The molecule has 2 heterocycles. The molecule has 0 aromatic carbocycles. The van der Waals surface area contributed by atoms with Crippen molar-refractivity contribution >= 4 is 12.6 Å². The molecule has 0 aliphatic carbocycles. The van der Waals surface area contributed by atoms with Gasteiger partial charge in [-0.15, -0.1) is 0 Å². The molecule has 1 saturated heterocycles. The van der Waals surface area contributed by atoms with Crippen molar-refractivity contribution in [3.63, 3.8) is 0 Å². The van der Waals surface area contributed by atoms with E-state index in [-0.39, 0.29) is 12.0 Å². The van der Waals surface area contributed by atoms with E-state index in [0.29, 0.717) is 12.5 Å². The zero-order chi connectivity index (χ0) is 12.8. The number of rotatable bonds is 5. The van der Waals surface area contributed by atoms with Crippen LogP contribution in [0.25, 0.3) is 0 Å². The Balaban J connectivity index is 1.84. The molecule has 0 bridgehead atoms. The van der Waals surface area contributed by atoms with Crippen LogP contribution in [0.2, 0.25) is 0 Å². The van der Waals surface area contributed by atoms with Gasteiger partial charge in [-0.25, -0.2) is 0 Å². The summed E-state index contributed by atoms with van der Waals surface area (Å²) >= 11 is 4.41.